The fraction of sp³-hybridized carbons (Fsp3) is 0.288. The third-order valence-corrected chi connectivity index (χ3v) is 13.9. The summed E-state index contributed by atoms with van der Waals surface area (Å²) in [6.45, 7) is 19.1. The van der Waals surface area contributed by atoms with Crippen LogP contribution in [0.25, 0.3) is 36.7 Å². The number of hydrogen-bond acceptors (Lipinski definition) is 0. The number of rotatable bonds is 11. The minimum absolute atomic E-state index is 0. The van der Waals surface area contributed by atoms with Crippen molar-refractivity contribution in [3.8, 4) is 22.3 Å². The average Bonchev–Trinajstić information content (AvgIpc) is 3.89. The first-order chi connectivity index (χ1) is 28.9. The first-order valence-electron chi connectivity index (χ1n) is 22.5. The van der Waals surface area contributed by atoms with E-state index in [9.17, 15) is 0 Å². The second-order valence-electron chi connectivity index (χ2n) is 19.1. The fourth-order valence-corrected chi connectivity index (χ4v) is 10.8. The minimum Gasteiger partial charge on any atom is -1.00 e. The smallest absolute Gasteiger partial charge is 1.00 e. The number of halogens is 2. The second kappa shape index (κ2) is 19.8. The van der Waals surface area contributed by atoms with Crippen LogP contribution in [0, 0.1) is 10.4 Å². The Hall–Kier alpha value is -4.00. The van der Waals surface area contributed by atoms with Crippen molar-refractivity contribution < 1.29 is 49.5 Å². The van der Waals surface area contributed by atoms with Crippen molar-refractivity contribution in [3.05, 3.63) is 205 Å². The average molecular weight is 932 g/mol. The van der Waals surface area contributed by atoms with Gasteiger partial charge in [0, 0.05) is 0 Å². The van der Waals surface area contributed by atoms with Crippen LogP contribution < -0.4 is 35.3 Å². The molecule has 6 aromatic carbocycles. The monoisotopic (exact) mass is 929 g/mol. The molecule has 0 fully saturated rings. The molecule has 315 valence electrons. The maximum absolute atomic E-state index is 2.61. The van der Waals surface area contributed by atoms with E-state index in [1.807, 2.05) is 0 Å². The molecule has 0 unspecified atom stereocenters. The van der Waals surface area contributed by atoms with Gasteiger partial charge in [-0.2, -0.15) is 0 Å². The summed E-state index contributed by atoms with van der Waals surface area (Å²) in [6.07, 6.45) is 15.0. The number of fused-ring (bicyclic) bond motifs is 2. The zero-order valence-corrected chi connectivity index (χ0v) is 42.0. The first-order valence-corrected chi connectivity index (χ1v) is 23.7. The number of allylic oxidation sites excluding steroid dienone is 4. The van der Waals surface area contributed by atoms with Gasteiger partial charge in [-0.05, 0) is 0 Å². The molecular weight excluding hydrogens is 871 g/mol. The zero-order chi connectivity index (χ0) is 42.2. The van der Waals surface area contributed by atoms with Gasteiger partial charge in [0.15, 0.2) is 0 Å². The Morgan fingerprint density at radius 3 is 1.58 bits per heavy atom. The summed E-state index contributed by atoms with van der Waals surface area (Å²) in [6, 6.07) is 46.9. The molecule has 2 aliphatic rings. The Labute approximate surface area is 399 Å². The second-order valence-corrected chi connectivity index (χ2v) is 20.3. The van der Waals surface area contributed by atoms with Gasteiger partial charge >= 0.3 is 364 Å². The van der Waals surface area contributed by atoms with Gasteiger partial charge in [0.25, 0.3) is 0 Å². The van der Waals surface area contributed by atoms with E-state index >= 15 is 0 Å². The maximum atomic E-state index is 2.61. The minimum atomic E-state index is -0.203. The van der Waals surface area contributed by atoms with Crippen LogP contribution in [0.4, 0.5) is 0 Å². The van der Waals surface area contributed by atoms with Crippen LogP contribution in [-0.4, -0.2) is 0 Å². The molecule has 0 aromatic heterocycles. The van der Waals surface area contributed by atoms with Crippen LogP contribution in [0.3, 0.4) is 0 Å². The Morgan fingerprint density at radius 2 is 1.11 bits per heavy atom. The molecule has 0 bridgehead atoms. The molecule has 0 aliphatic heterocycles. The van der Waals surface area contributed by atoms with Gasteiger partial charge in [-0.1, -0.05) is 13.8 Å². The largest absolute Gasteiger partial charge is 1.00 e. The van der Waals surface area contributed by atoms with Crippen LogP contribution in [0.1, 0.15) is 132 Å². The third-order valence-electron chi connectivity index (χ3n) is 12.6. The summed E-state index contributed by atoms with van der Waals surface area (Å²) in [5.74, 6) is 0. The van der Waals surface area contributed by atoms with Crippen molar-refractivity contribution in [2.45, 2.75) is 111 Å². The molecular formula is C59H61Cl2Zr. The van der Waals surface area contributed by atoms with Crippen LogP contribution in [-0.2, 0) is 48.4 Å². The van der Waals surface area contributed by atoms with E-state index < -0.39 is 0 Å². The summed E-state index contributed by atoms with van der Waals surface area (Å²) in [5, 5.41) is 5.57. The van der Waals surface area contributed by atoms with Gasteiger partial charge in [-0.25, -0.2) is 0 Å². The molecule has 8 rings (SSSR count). The number of unbranched alkanes of at least 4 members (excludes halogenated alkanes) is 2. The van der Waals surface area contributed by atoms with Crippen LogP contribution in [0.5, 0.6) is 0 Å². The summed E-state index contributed by atoms with van der Waals surface area (Å²) in [5.41, 5.74) is 18.8. The molecule has 6 aromatic rings. The first kappa shape index (κ1) is 47.5. The van der Waals surface area contributed by atoms with E-state index in [0.29, 0.717) is 0 Å². The SMILES string of the molecule is CCCCc1ccc(C(c2ccc(CCCC)cc2)=c2c(C(C)(C)C)c(-c3ccccc3)c(C3=CC=CC3)c3c2=c2cc(C(C)(C)C)c(-c4ccccc4)cc2=[C]3[Zr+2])cc1.[Cl-].[Cl-]. The predicted molar refractivity (Wildman–Crippen MR) is 254 cm³/mol. The van der Waals surface area contributed by atoms with Gasteiger partial charge in [0.1, 0.15) is 0 Å². The molecule has 0 nitrogen and oxygen atoms in total. The summed E-state index contributed by atoms with van der Waals surface area (Å²) in [4.78, 5) is 0. The fourth-order valence-electron chi connectivity index (χ4n) is 9.63. The van der Waals surface area contributed by atoms with E-state index in [-0.39, 0.29) is 35.6 Å². The number of hydrogen-bond donors (Lipinski definition) is 0. The number of benzene rings is 6. The molecule has 3 heteroatoms. The van der Waals surface area contributed by atoms with Crippen LogP contribution in [0.2, 0.25) is 0 Å². The molecule has 0 radical (unpaired) electrons. The Kier molecular flexibility index (Phi) is 15.2. The third kappa shape index (κ3) is 9.30. The van der Waals surface area contributed by atoms with Crippen molar-refractivity contribution in [1.82, 2.24) is 0 Å². The maximum Gasteiger partial charge on any atom is -1.00 e. The molecule has 0 saturated heterocycles. The summed E-state index contributed by atoms with van der Waals surface area (Å²) < 4.78 is 1.45. The van der Waals surface area contributed by atoms with Gasteiger partial charge in [0.2, 0.25) is 0 Å². The molecule has 62 heavy (non-hydrogen) atoms. The molecule has 0 amide bonds. The van der Waals surface area contributed by atoms with Crippen molar-refractivity contribution in [2.24, 2.45) is 0 Å². The molecule has 0 heterocycles. The van der Waals surface area contributed by atoms with Gasteiger partial charge < -0.3 is 24.8 Å². The predicted octanol–water partition coefficient (Wildman–Crippen LogP) is 8.20. The van der Waals surface area contributed by atoms with Crippen molar-refractivity contribution in [1.29, 1.82) is 0 Å². The van der Waals surface area contributed by atoms with Crippen molar-refractivity contribution >= 4 is 14.4 Å². The normalized spacial score (nSPS) is 13.0. The number of aryl methyl sites for hydroxylation is 2. The zero-order valence-electron chi connectivity index (χ0n) is 38.0. The summed E-state index contributed by atoms with van der Waals surface area (Å²) in [7, 11) is 0. The van der Waals surface area contributed by atoms with Gasteiger partial charge in [0.05, 0.1) is 0 Å². The van der Waals surface area contributed by atoms with Crippen molar-refractivity contribution in [3.63, 3.8) is 0 Å². The molecule has 0 saturated carbocycles. The van der Waals surface area contributed by atoms with E-state index in [1.54, 1.807) is 0 Å². The quantitative estimate of drug-likeness (QED) is 0.123. The van der Waals surface area contributed by atoms with E-state index in [0.717, 1.165) is 19.3 Å². The summed E-state index contributed by atoms with van der Waals surface area (Å²) >= 11 is 1.44. The van der Waals surface area contributed by atoms with E-state index in [2.05, 4.69) is 195 Å². The molecule has 0 N–H and O–H groups in total. The van der Waals surface area contributed by atoms with E-state index in [1.165, 1.54) is 152 Å². The Balaban J connectivity index is 0.00000321. The topological polar surface area (TPSA) is 0 Å². The molecule has 2 aliphatic carbocycles. The standard InChI is InChI=1S/C59H61.2ClH.Zr/c1-9-11-21-40-29-33-45(34-30-40)52(46-35-31-41(32-36-46)22-12-10-2)56-55-49-39-51(58(3,4)5)48(42-23-15-13-16-24-42)37-47(49)38-50(55)53(43-27-19-20-28-43)54(57(56)59(6,7)8)44-25-17-14-18-26-44;;;/h13-20,23-27,29-37,39H,9-12,21-22,28H2,1-8H3;2*1H;/q;;;+2/p-2. The van der Waals surface area contributed by atoms with Crippen molar-refractivity contribution in [2.75, 3.05) is 0 Å². The Bertz CT molecular complexity index is 2780. The van der Waals surface area contributed by atoms with E-state index in [4.69, 9.17) is 0 Å². The van der Waals surface area contributed by atoms with Crippen LogP contribution in [0.15, 0.2) is 140 Å². The molecule has 0 atom stereocenters. The van der Waals surface area contributed by atoms with Crippen LogP contribution >= 0.6 is 0 Å². The molecule has 0 spiro atoms. The van der Waals surface area contributed by atoms with Gasteiger partial charge in [-0.15, -0.1) is 0 Å². The Morgan fingerprint density at radius 1 is 0.581 bits per heavy atom. The van der Waals surface area contributed by atoms with Gasteiger partial charge in [-0.3, -0.25) is 0 Å².